The van der Waals surface area contributed by atoms with Crippen LogP contribution in [0.15, 0.2) is 0 Å². The van der Waals surface area contributed by atoms with Crippen LogP contribution in [0.2, 0.25) is 0 Å². The summed E-state index contributed by atoms with van der Waals surface area (Å²) in [6.07, 6.45) is -0.0483. The smallest absolute Gasteiger partial charge is 0.306 e. The van der Waals surface area contributed by atoms with Crippen molar-refractivity contribution in [3.63, 3.8) is 0 Å². The van der Waals surface area contributed by atoms with Crippen LogP contribution in [0.1, 0.15) is 13.3 Å². The number of rotatable bonds is 3. The van der Waals surface area contributed by atoms with E-state index in [0.717, 1.165) is 0 Å². The average Bonchev–Trinajstić information content (AvgIpc) is 1.94. The Hall–Kier alpha value is -1.10. The minimum Gasteiger partial charge on any atom is -0.481 e. The highest BCUT2D eigenvalue weighted by molar-refractivity contribution is 5.75. The number of hydrogen-bond donors (Lipinski definition) is 1. The van der Waals surface area contributed by atoms with E-state index in [9.17, 15) is 9.59 Å². The van der Waals surface area contributed by atoms with E-state index in [4.69, 9.17) is 9.84 Å². The maximum absolute atomic E-state index is 10.8. The SMILES string of the molecule is COC1(CC(=O)O)CN(C(C)=O)C1. The van der Waals surface area contributed by atoms with Gasteiger partial charge in [0.25, 0.3) is 0 Å². The number of methoxy groups -OCH3 is 1. The summed E-state index contributed by atoms with van der Waals surface area (Å²) in [4.78, 5) is 22.9. The number of ether oxygens (including phenoxy) is 1. The van der Waals surface area contributed by atoms with Crippen LogP contribution in [0.4, 0.5) is 0 Å². The first-order valence-corrected chi connectivity index (χ1v) is 4.01. The molecule has 0 aliphatic carbocycles. The minimum absolute atomic E-state index is 0.0435. The highest BCUT2D eigenvalue weighted by Crippen LogP contribution is 2.27. The molecule has 1 aliphatic heterocycles. The second kappa shape index (κ2) is 3.33. The van der Waals surface area contributed by atoms with E-state index in [1.54, 1.807) is 4.90 Å². The highest BCUT2D eigenvalue weighted by atomic mass is 16.5. The molecule has 0 aromatic carbocycles. The molecule has 1 heterocycles. The van der Waals surface area contributed by atoms with E-state index < -0.39 is 11.6 Å². The van der Waals surface area contributed by atoms with Gasteiger partial charge in [-0.1, -0.05) is 0 Å². The van der Waals surface area contributed by atoms with Crippen molar-refractivity contribution in [2.45, 2.75) is 18.9 Å². The van der Waals surface area contributed by atoms with Crippen molar-refractivity contribution in [2.75, 3.05) is 20.2 Å². The van der Waals surface area contributed by atoms with E-state index in [0.29, 0.717) is 13.1 Å². The Kier molecular flexibility index (Phi) is 2.56. The van der Waals surface area contributed by atoms with Gasteiger partial charge < -0.3 is 14.7 Å². The van der Waals surface area contributed by atoms with Gasteiger partial charge in [-0.2, -0.15) is 0 Å². The standard InChI is InChI=1S/C8H13NO4/c1-6(10)9-4-8(5-9,13-2)3-7(11)12/h3-5H2,1-2H3,(H,11,12). The Morgan fingerprint density at radius 3 is 2.38 bits per heavy atom. The first-order chi connectivity index (χ1) is 5.99. The summed E-state index contributed by atoms with van der Waals surface area (Å²) in [6, 6.07) is 0. The second-order valence-electron chi connectivity index (χ2n) is 3.33. The lowest BCUT2D eigenvalue weighted by atomic mass is 9.90. The summed E-state index contributed by atoms with van der Waals surface area (Å²) < 4.78 is 5.09. The third-order valence-electron chi connectivity index (χ3n) is 2.31. The molecule has 1 aliphatic rings. The van der Waals surface area contributed by atoms with E-state index >= 15 is 0 Å². The topological polar surface area (TPSA) is 66.8 Å². The number of nitrogens with zero attached hydrogens (tertiary/aromatic N) is 1. The molecule has 0 saturated carbocycles. The summed E-state index contributed by atoms with van der Waals surface area (Å²) in [7, 11) is 1.47. The summed E-state index contributed by atoms with van der Waals surface area (Å²) >= 11 is 0. The van der Waals surface area contributed by atoms with Gasteiger partial charge >= 0.3 is 5.97 Å². The average molecular weight is 187 g/mol. The maximum Gasteiger partial charge on any atom is 0.306 e. The summed E-state index contributed by atoms with van der Waals surface area (Å²) in [5.74, 6) is -0.942. The third-order valence-corrected chi connectivity index (χ3v) is 2.31. The van der Waals surface area contributed by atoms with Crippen molar-refractivity contribution >= 4 is 11.9 Å². The van der Waals surface area contributed by atoms with Crippen LogP contribution >= 0.6 is 0 Å². The molecule has 13 heavy (non-hydrogen) atoms. The molecule has 1 saturated heterocycles. The lowest BCUT2D eigenvalue weighted by molar-refractivity contribution is -0.171. The van der Waals surface area contributed by atoms with Gasteiger partial charge in [0.15, 0.2) is 0 Å². The molecule has 5 nitrogen and oxygen atoms in total. The zero-order chi connectivity index (χ0) is 10.1. The molecule has 1 amide bonds. The number of amides is 1. The van der Waals surface area contributed by atoms with Crippen LogP contribution in [0.5, 0.6) is 0 Å². The Bertz CT molecular complexity index is 232. The molecule has 0 spiro atoms. The Labute approximate surface area is 76.3 Å². The molecule has 0 unspecified atom stereocenters. The second-order valence-corrected chi connectivity index (χ2v) is 3.33. The molecule has 0 bridgehead atoms. The molecular weight excluding hydrogens is 174 g/mol. The van der Waals surface area contributed by atoms with Gasteiger partial charge in [-0.25, -0.2) is 0 Å². The number of carboxylic acid groups (broad SMARTS) is 1. The van der Waals surface area contributed by atoms with Gasteiger partial charge in [0.05, 0.1) is 19.5 Å². The molecule has 74 valence electrons. The molecule has 0 aromatic heterocycles. The predicted octanol–water partition coefficient (Wildman–Crippen LogP) is -0.292. The van der Waals surface area contributed by atoms with Gasteiger partial charge in [-0.15, -0.1) is 0 Å². The molecule has 0 radical (unpaired) electrons. The number of aliphatic carboxylic acids is 1. The summed E-state index contributed by atoms with van der Waals surface area (Å²) in [6.45, 7) is 2.22. The summed E-state index contributed by atoms with van der Waals surface area (Å²) in [5, 5.41) is 8.59. The molecule has 0 atom stereocenters. The van der Waals surface area contributed by atoms with Crippen LogP contribution < -0.4 is 0 Å². The monoisotopic (exact) mass is 187 g/mol. The largest absolute Gasteiger partial charge is 0.481 e. The number of carbonyl (C=O) groups is 2. The molecule has 0 aromatic rings. The fraction of sp³-hybridized carbons (Fsp3) is 0.750. The van der Waals surface area contributed by atoms with Crippen molar-refractivity contribution in [1.82, 2.24) is 4.90 Å². The van der Waals surface area contributed by atoms with Gasteiger partial charge in [-0.05, 0) is 0 Å². The lowest BCUT2D eigenvalue weighted by Gasteiger charge is -2.47. The first kappa shape index (κ1) is 9.98. The zero-order valence-electron chi connectivity index (χ0n) is 7.74. The molecule has 1 fully saturated rings. The van der Waals surface area contributed by atoms with E-state index in [1.807, 2.05) is 0 Å². The Morgan fingerprint density at radius 1 is 1.54 bits per heavy atom. The van der Waals surface area contributed by atoms with Gasteiger partial charge in [0.2, 0.25) is 5.91 Å². The van der Waals surface area contributed by atoms with Crippen LogP contribution in [-0.2, 0) is 14.3 Å². The number of likely N-dealkylation sites (tertiary alicyclic amines) is 1. The Balaban J connectivity index is 2.49. The van der Waals surface area contributed by atoms with Gasteiger partial charge in [0.1, 0.15) is 5.60 Å². The van der Waals surface area contributed by atoms with Crippen molar-refractivity contribution in [3.8, 4) is 0 Å². The normalized spacial score (nSPS) is 19.4. The van der Waals surface area contributed by atoms with Crippen molar-refractivity contribution in [2.24, 2.45) is 0 Å². The van der Waals surface area contributed by atoms with Crippen molar-refractivity contribution < 1.29 is 19.4 Å². The Morgan fingerprint density at radius 2 is 2.08 bits per heavy atom. The fourth-order valence-corrected chi connectivity index (χ4v) is 1.46. The zero-order valence-corrected chi connectivity index (χ0v) is 7.74. The van der Waals surface area contributed by atoms with Gasteiger partial charge in [-0.3, -0.25) is 9.59 Å². The van der Waals surface area contributed by atoms with Crippen molar-refractivity contribution in [3.05, 3.63) is 0 Å². The quantitative estimate of drug-likeness (QED) is 0.659. The van der Waals surface area contributed by atoms with Crippen LogP contribution in [0.25, 0.3) is 0 Å². The predicted molar refractivity (Wildman–Crippen MR) is 44.2 cm³/mol. The molecule has 5 heteroatoms. The fourth-order valence-electron chi connectivity index (χ4n) is 1.46. The van der Waals surface area contributed by atoms with Crippen molar-refractivity contribution in [1.29, 1.82) is 0 Å². The van der Waals surface area contributed by atoms with E-state index in [2.05, 4.69) is 0 Å². The number of carbonyl (C=O) groups excluding carboxylic acids is 1. The summed E-state index contributed by atoms with van der Waals surface area (Å²) in [5.41, 5.74) is -0.655. The highest BCUT2D eigenvalue weighted by Gasteiger charge is 2.46. The van der Waals surface area contributed by atoms with E-state index in [-0.39, 0.29) is 12.3 Å². The molecule has 1 rings (SSSR count). The van der Waals surface area contributed by atoms with E-state index in [1.165, 1.54) is 14.0 Å². The minimum atomic E-state index is -0.898. The number of hydrogen-bond acceptors (Lipinski definition) is 3. The first-order valence-electron chi connectivity index (χ1n) is 4.01. The molecule has 1 N–H and O–H groups in total. The maximum atomic E-state index is 10.8. The van der Waals surface area contributed by atoms with Crippen LogP contribution in [0.3, 0.4) is 0 Å². The van der Waals surface area contributed by atoms with Gasteiger partial charge in [0, 0.05) is 14.0 Å². The number of carboxylic acids is 1. The molecular formula is C8H13NO4. The third kappa shape index (κ3) is 1.98. The van der Waals surface area contributed by atoms with Crippen LogP contribution in [-0.4, -0.2) is 47.7 Å². The lowest BCUT2D eigenvalue weighted by Crippen LogP contribution is -2.64. The van der Waals surface area contributed by atoms with Crippen LogP contribution in [0, 0.1) is 0 Å².